The molecular weight excluding hydrogens is 512 g/mol. The van der Waals surface area contributed by atoms with Gasteiger partial charge in [-0.3, -0.25) is 9.59 Å². The first-order valence-corrected chi connectivity index (χ1v) is 17.8. The molecule has 0 aromatic carbocycles. The number of carbonyl (C=O) groups excluding carboxylic acids is 2. The summed E-state index contributed by atoms with van der Waals surface area (Å²) >= 11 is 0. The van der Waals surface area contributed by atoms with Crippen molar-refractivity contribution in [1.29, 1.82) is 0 Å². The van der Waals surface area contributed by atoms with E-state index in [-0.39, 0.29) is 25.2 Å². The molecule has 1 N–H and O–H groups in total. The number of aliphatic hydroxyl groups is 1. The monoisotopic (exact) mass is 583 g/mol. The summed E-state index contributed by atoms with van der Waals surface area (Å²) in [6, 6.07) is 0. The predicted octanol–water partition coefficient (Wildman–Crippen LogP) is 10.5. The zero-order valence-corrected chi connectivity index (χ0v) is 27.9. The van der Waals surface area contributed by atoms with E-state index in [2.05, 4.69) is 27.7 Å². The molecule has 0 fully saturated rings. The Labute approximate surface area is 255 Å². The van der Waals surface area contributed by atoms with Gasteiger partial charge < -0.3 is 14.6 Å². The molecule has 0 aromatic rings. The molecule has 0 aliphatic rings. The summed E-state index contributed by atoms with van der Waals surface area (Å²) in [5, 5.41) is 9.50. The molecule has 0 heterocycles. The van der Waals surface area contributed by atoms with Crippen LogP contribution in [0.25, 0.3) is 0 Å². The average molecular weight is 583 g/mol. The van der Waals surface area contributed by atoms with E-state index in [1.165, 1.54) is 109 Å². The summed E-state index contributed by atoms with van der Waals surface area (Å²) in [5.41, 5.74) is 0. The molecule has 5 nitrogen and oxygen atoms in total. The minimum absolute atomic E-state index is 0.0597. The Kier molecular flexibility index (Phi) is 29.5. The number of unbranched alkanes of at least 4 members (excludes halogenated alkanes) is 19. The van der Waals surface area contributed by atoms with E-state index in [9.17, 15) is 14.7 Å². The van der Waals surface area contributed by atoms with Crippen molar-refractivity contribution in [2.24, 2.45) is 11.8 Å². The molecule has 0 saturated carbocycles. The van der Waals surface area contributed by atoms with Gasteiger partial charge in [0.05, 0.1) is 6.61 Å². The van der Waals surface area contributed by atoms with Crippen LogP contribution in [-0.2, 0) is 19.1 Å². The molecule has 0 bridgehead atoms. The molecular formula is C36H70O5. The van der Waals surface area contributed by atoms with E-state index in [0.29, 0.717) is 12.8 Å². The van der Waals surface area contributed by atoms with E-state index >= 15 is 0 Å². The highest BCUT2D eigenvalue weighted by molar-refractivity contribution is 5.70. The van der Waals surface area contributed by atoms with E-state index in [4.69, 9.17) is 9.47 Å². The summed E-state index contributed by atoms with van der Waals surface area (Å²) in [6.45, 7) is 8.80. The van der Waals surface area contributed by atoms with E-state index in [1.807, 2.05) is 0 Å². The van der Waals surface area contributed by atoms with E-state index in [0.717, 1.165) is 50.4 Å². The summed E-state index contributed by atoms with van der Waals surface area (Å²) < 4.78 is 10.6. The van der Waals surface area contributed by atoms with Crippen LogP contribution in [0.3, 0.4) is 0 Å². The quantitative estimate of drug-likeness (QED) is 0.0650. The van der Waals surface area contributed by atoms with Crippen LogP contribution < -0.4 is 0 Å². The number of rotatable bonds is 31. The van der Waals surface area contributed by atoms with Crippen LogP contribution in [0.2, 0.25) is 0 Å². The van der Waals surface area contributed by atoms with Crippen molar-refractivity contribution in [1.82, 2.24) is 0 Å². The highest BCUT2D eigenvalue weighted by Gasteiger charge is 2.16. The second-order valence-electron chi connectivity index (χ2n) is 13.3. The number of carbonyl (C=O) groups is 2. The first-order chi connectivity index (χ1) is 19.8. The zero-order chi connectivity index (χ0) is 30.4. The summed E-state index contributed by atoms with van der Waals surface area (Å²) in [4.78, 5) is 24.1. The number of esters is 2. The molecule has 1 atom stereocenters. The van der Waals surface area contributed by atoms with Gasteiger partial charge in [0, 0.05) is 12.8 Å². The molecule has 0 aliphatic heterocycles. The van der Waals surface area contributed by atoms with Crippen molar-refractivity contribution in [2.45, 2.75) is 194 Å². The standard InChI is InChI=1S/C36H70O5/c1-32(2)26-22-18-14-10-8-6-5-7-9-11-16-20-24-28-35(38)40-31-34(30-37)41-36(39)29-25-21-17-13-12-15-19-23-27-33(3)4/h32-34,37H,5-31H2,1-4H3/t34-/m0/s1. The Hall–Kier alpha value is -1.10. The highest BCUT2D eigenvalue weighted by Crippen LogP contribution is 2.16. The molecule has 0 aliphatic carbocycles. The third-order valence-electron chi connectivity index (χ3n) is 8.01. The maximum absolute atomic E-state index is 12.1. The minimum atomic E-state index is -0.762. The Morgan fingerprint density at radius 1 is 0.488 bits per heavy atom. The second-order valence-corrected chi connectivity index (χ2v) is 13.3. The Bertz CT molecular complexity index is 574. The van der Waals surface area contributed by atoms with Gasteiger partial charge in [-0.1, -0.05) is 163 Å². The van der Waals surface area contributed by atoms with Crippen LogP contribution in [0.4, 0.5) is 0 Å². The van der Waals surface area contributed by atoms with Crippen LogP contribution in [-0.4, -0.2) is 36.4 Å². The smallest absolute Gasteiger partial charge is 0.306 e. The molecule has 0 spiro atoms. The third-order valence-corrected chi connectivity index (χ3v) is 8.01. The molecule has 0 amide bonds. The Balaban J connectivity index is 3.52. The topological polar surface area (TPSA) is 72.8 Å². The fourth-order valence-electron chi connectivity index (χ4n) is 5.28. The Morgan fingerprint density at radius 3 is 1.15 bits per heavy atom. The molecule has 0 saturated heterocycles. The van der Waals surface area contributed by atoms with E-state index < -0.39 is 6.10 Å². The van der Waals surface area contributed by atoms with Crippen molar-refractivity contribution >= 4 is 11.9 Å². The number of aliphatic hydroxyl groups excluding tert-OH is 1. The fourth-order valence-corrected chi connectivity index (χ4v) is 5.28. The zero-order valence-electron chi connectivity index (χ0n) is 27.9. The van der Waals surface area contributed by atoms with E-state index in [1.54, 1.807) is 0 Å². The molecule has 0 radical (unpaired) electrons. The van der Waals surface area contributed by atoms with Gasteiger partial charge in [0.2, 0.25) is 0 Å². The first kappa shape index (κ1) is 39.9. The van der Waals surface area contributed by atoms with Crippen LogP contribution in [0.5, 0.6) is 0 Å². The summed E-state index contributed by atoms with van der Waals surface area (Å²) in [6.07, 6.45) is 28.8. The average Bonchev–Trinajstić information content (AvgIpc) is 2.93. The van der Waals surface area contributed by atoms with Crippen LogP contribution in [0, 0.1) is 11.8 Å². The van der Waals surface area contributed by atoms with Crippen LogP contribution in [0.15, 0.2) is 0 Å². The maximum atomic E-state index is 12.1. The molecule has 244 valence electrons. The Morgan fingerprint density at radius 2 is 0.805 bits per heavy atom. The molecule has 5 heteroatoms. The second kappa shape index (κ2) is 30.4. The molecule has 0 rings (SSSR count). The minimum Gasteiger partial charge on any atom is -0.462 e. The van der Waals surface area contributed by atoms with Gasteiger partial charge in [-0.25, -0.2) is 0 Å². The molecule has 0 aromatic heterocycles. The van der Waals surface area contributed by atoms with Crippen LogP contribution >= 0.6 is 0 Å². The predicted molar refractivity (Wildman–Crippen MR) is 173 cm³/mol. The lowest BCUT2D eigenvalue weighted by Gasteiger charge is -2.15. The third kappa shape index (κ3) is 31.7. The fraction of sp³-hybridized carbons (Fsp3) is 0.944. The highest BCUT2D eigenvalue weighted by atomic mass is 16.6. The molecule has 41 heavy (non-hydrogen) atoms. The lowest BCUT2D eigenvalue weighted by Crippen LogP contribution is -2.28. The van der Waals surface area contributed by atoms with Crippen molar-refractivity contribution in [3.8, 4) is 0 Å². The van der Waals surface area contributed by atoms with Gasteiger partial charge in [-0.15, -0.1) is 0 Å². The van der Waals surface area contributed by atoms with Crippen LogP contribution in [0.1, 0.15) is 188 Å². The van der Waals surface area contributed by atoms with Gasteiger partial charge in [0.15, 0.2) is 6.10 Å². The summed E-state index contributed by atoms with van der Waals surface area (Å²) in [7, 11) is 0. The lowest BCUT2D eigenvalue weighted by atomic mass is 10.0. The van der Waals surface area contributed by atoms with Gasteiger partial charge in [0.1, 0.15) is 6.61 Å². The summed E-state index contributed by atoms with van der Waals surface area (Å²) in [5.74, 6) is 1.07. The SMILES string of the molecule is CC(C)CCCCCCCCCCCCCCCC(=O)OC[C@H](CO)OC(=O)CCCCCCCCCCC(C)C. The van der Waals surface area contributed by atoms with Crippen molar-refractivity contribution < 1.29 is 24.2 Å². The maximum Gasteiger partial charge on any atom is 0.306 e. The van der Waals surface area contributed by atoms with Crippen molar-refractivity contribution in [3.05, 3.63) is 0 Å². The largest absolute Gasteiger partial charge is 0.462 e. The van der Waals surface area contributed by atoms with Gasteiger partial charge in [-0.05, 0) is 24.7 Å². The van der Waals surface area contributed by atoms with Gasteiger partial charge in [0.25, 0.3) is 0 Å². The van der Waals surface area contributed by atoms with Gasteiger partial charge >= 0.3 is 11.9 Å². The number of ether oxygens (including phenoxy) is 2. The molecule has 0 unspecified atom stereocenters. The van der Waals surface area contributed by atoms with Crippen molar-refractivity contribution in [3.63, 3.8) is 0 Å². The first-order valence-electron chi connectivity index (χ1n) is 17.8. The normalized spacial score (nSPS) is 12.3. The van der Waals surface area contributed by atoms with Crippen molar-refractivity contribution in [2.75, 3.05) is 13.2 Å². The number of hydrogen-bond acceptors (Lipinski definition) is 5. The number of hydrogen-bond donors (Lipinski definition) is 1. The lowest BCUT2D eigenvalue weighted by molar-refractivity contribution is -0.161. The van der Waals surface area contributed by atoms with Gasteiger partial charge in [-0.2, -0.15) is 0 Å².